The van der Waals surface area contributed by atoms with Crippen LogP contribution in [0.3, 0.4) is 0 Å². The Morgan fingerprint density at radius 3 is 2.62 bits per heavy atom. The molecule has 166 valence electrons. The molecule has 6 nitrogen and oxygen atoms in total. The predicted molar refractivity (Wildman–Crippen MR) is 122 cm³/mol. The van der Waals surface area contributed by atoms with E-state index in [2.05, 4.69) is 9.71 Å². The van der Waals surface area contributed by atoms with Crippen molar-refractivity contribution < 1.29 is 17.5 Å². The van der Waals surface area contributed by atoms with Crippen molar-refractivity contribution in [2.75, 3.05) is 0 Å². The van der Waals surface area contributed by atoms with E-state index in [0.717, 1.165) is 10.8 Å². The topological polar surface area (TPSA) is 73.2 Å². The number of rotatable bonds is 7. The quantitative estimate of drug-likeness (QED) is 0.374. The van der Waals surface area contributed by atoms with Crippen LogP contribution in [0.1, 0.15) is 25.6 Å². The number of hydrogen-bond acceptors (Lipinski definition) is 4. The molecule has 0 aliphatic carbocycles. The third kappa shape index (κ3) is 4.48. The fourth-order valence-electron chi connectivity index (χ4n) is 3.47. The van der Waals surface area contributed by atoms with Crippen LogP contribution in [0.4, 0.5) is 4.39 Å². The van der Waals surface area contributed by atoms with Crippen LogP contribution in [0.2, 0.25) is 5.02 Å². The van der Waals surface area contributed by atoms with Crippen molar-refractivity contribution in [3.8, 4) is 11.8 Å². The Balaban J connectivity index is 1.58. The minimum atomic E-state index is -3.81. The molecule has 9 heteroatoms. The first-order chi connectivity index (χ1) is 15.3. The van der Waals surface area contributed by atoms with Crippen LogP contribution in [0.15, 0.2) is 71.8 Å². The van der Waals surface area contributed by atoms with Crippen LogP contribution >= 0.6 is 11.6 Å². The summed E-state index contributed by atoms with van der Waals surface area (Å²) in [5.41, 5.74) is 0.636. The van der Waals surface area contributed by atoms with Gasteiger partial charge in [-0.15, -0.1) is 0 Å². The number of nitrogens with zero attached hydrogens (tertiary/aromatic N) is 2. The zero-order valence-electron chi connectivity index (χ0n) is 17.4. The second-order valence-electron chi connectivity index (χ2n) is 7.23. The molecule has 1 N–H and O–H groups in total. The molecule has 1 atom stereocenters. The van der Waals surface area contributed by atoms with Crippen molar-refractivity contribution in [3.05, 3.63) is 83.4 Å². The molecule has 0 amide bonds. The van der Waals surface area contributed by atoms with Gasteiger partial charge in [-0.25, -0.2) is 22.5 Å². The number of sulfonamides is 1. The molecule has 0 bridgehead atoms. The standard InChI is InChI=1S/C23H21ClFN3O3S/c1-3-28-22(14-26-23(28)31-18-9-7-17(25)8-10-18)15(2)27-32(29,30)19-11-12-20-16(13-19)5-4-6-21(20)24/h4-15,27H,3H2,1-2H3. The lowest BCUT2D eigenvalue weighted by Crippen LogP contribution is -2.28. The van der Waals surface area contributed by atoms with Gasteiger partial charge in [0.05, 0.1) is 22.8 Å². The summed E-state index contributed by atoms with van der Waals surface area (Å²) in [6.07, 6.45) is 1.57. The average Bonchev–Trinajstić information content (AvgIpc) is 3.17. The van der Waals surface area contributed by atoms with Crippen molar-refractivity contribution in [1.82, 2.24) is 14.3 Å². The molecule has 4 aromatic rings. The van der Waals surface area contributed by atoms with Crippen molar-refractivity contribution >= 4 is 32.4 Å². The van der Waals surface area contributed by atoms with Crippen molar-refractivity contribution in [1.29, 1.82) is 0 Å². The zero-order chi connectivity index (χ0) is 22.9. The van der Waals surface area contributed by atoms with Gasteiger partial charge in [-0.05, 0) is 61.7 Å². The number of nitrogens with one attached hydrogen (secondary N) is 1. The molecule has 0 saturated carbocycles. The molecular formula is C23H21ClFN3O3S. The molecule has 0 spiro atoms. The molecule has 1 aromatic heterocycles. The third-order valence-corrected chi connectivity index (χ3v) is 6.94. The number of imidazole rings is 1. The van der Waals surface area contributed by atoms with Crippen molar-refractivity contribution in [3.63, 3.8) is 0 Å². The monoisotopic (exact) mass is 473 g/mol. The van der Waals surface area contributed by atoms with Crippen LogP contribution in [0.25, 0.3) is 10.8 Å². The van der Waals surface area contributed by atoms with E-state index in [1.807, 2.05) is 13.0 Å². The highest BCUT2D eigenvalue weighted by Crippen LogP contribution is 2.28. The summed E-state index contributed by atoms with van der Waals surface area (Å²) in [6.45, 7) is 4.14. The van der Waals surface area contributed by atoms with Gasteiger partial charge in [0.1, 0.15) is 11.6 Å². The number of aromatic nitrogens is 2. The summed E-state index contributed by atoms with van der Waals surface area (Å²) in [5, 5.41) is 2.09. The molecule has 0 fully saturated rings. The maximum absolute atomic E-state index is 13.1. The van der Waals surface area contributed by atoms with Gasteiger partial charge in [0.15, 0.2) is 0 Å². The van der Waals surface area contributed by atoms with Gasteiger partial charge in [-0.2, -0.15) is 0 Å². The number of fused-ring (bicyclic) bond motifs is 1. The molecule has 0 aliphatic heterocycles. The Bertz CT molecular complexity index is 1370. The van der Waals surface area contributed by atoms with Crippen molar-refractivity contribution in [2.45, 2.75) is 31.3 Å². The highest BCUT2D eigenvalue weighted by Gasteiger charge is 2.23. The molecule has 32 heavy (non-hydrogen) atoms. The van der Waals surface area contributed by atoms with E-state index < -0.39 is 16.1 Å². The predicted octanol–water partition coefficient (Wildman–Crippen LogP) is 5.68. The Labute approximate surface area is 190 Å². The lowest BCUT2D eigenvalue weighted by molar-refractivity contribution is 0.407. The lowest BCUT2D eigenvalue weighted by Gasteiger charge is -2.17. The van der Waals surface area contributed by atoms with Gasteiger partial charge < -0.3 is 4.74 Å². The minimum Gasteiger partial charge on any atom is -0.426 e. The Morgan fingerprint density at radius 1 is 1.16 bits per heavy atom. The molecular weight excluding hydrogens is 453 g/mol. The highest BCUT2D eigenvalue weighted by atomic mass is 35.5. The highest BCUT2D eigenvalue weighted by molar-refractivity contribution is 7.89. The summed E-state index contributed by atoms with van der Waals surface area (Å²) in [4.78, 5) is 4.42. The largest absolute Gasteiger partial charge is 0.426 e. The fourth-order valence-corrected chi connectivity index (χ4v) is 4.97. The van der Waals surface area contributed by atoms with E-state index >= 15 is 0 Å². The lowest BCUT2D eigenvalue weighted by atomic mass is 10.1. The number of benzene rings is 3. The van der Waals surface area contributed by atoms with Gasteiger partial charge in [0.2, 0.25) is 10.0 Å². The average molecular weight is 474 g/mol. The van der Waals surface area contributed by atoms with E-state index in [-0.39, 0.29) is 10.7 Å². The fraction of sp³-hybridized carbons (Fsp3) is 0.174. The summed E-state index contributed by atoms with van der Waals surface area (Å²) in [7, 11) is -3.81. The Morgan fingerprint density at radius 2 is 1.91 bits per heavy atom. The van der Waals surface area contributed by atoms with E-state index in [4.69, 9.17) is 16.3 Å². The second kappa shape index (κ2) is 8.90. The van der Waals surface area contributed by atoms with Crippen LogP contribution < -0.4 is 9.46 Å². The summed E-state index contributed by atoms with van der Waals surface area (Å²) in [5.74, 6) is 0.0668. The van der Waals surface area contributed by atoms with E-state index in [1.54, 1.807) is 42.0 Å². The van der Waals surface area contributed by atoms with E-state index in [1.165, 1.54) is 30.3 Å². The molecule has 1 heterocycles. The van der Waals surface area contributed by atoms with Crippen molar-refractivity contribution in [2.24, 2.45) is 0 Å². The van der Waals surface area contributed by atoms with E-state index in [9.17, 15) is 12.8 Å². The Kier molecular flexibility index (Phi) is 6.19. The van der Waals surface area contributed by atoms with Crippen LogP contribution in [0, 0.1) is 5.82 Å². The Hall–Kier alpha value is -2.94. The van der Waals surface area contributed by atoms with E-state index in [0.29, 0.717) is 29.0 Å². The number of hydrogen-bond donors (Lipinski definition) is 1. The first-order valence-corrected chi connectivity index (χ1v) is 11.8. The van der Waals surface area contributed by atoms with Gasteiger partial charge in [-0.1, -0.05) is 29.8 Å². The molecule has 3 aromatic carbocycles. The maximum atomic E-state index is 13.1. The first kappa shape index (κ1) is 22.3. The van der Waals surface area contributed by atoms with Gasteiger partial charge in [-0.3, -0.25) is 4.57 Å². The number of halogens is 2. The number of ether oxygens (including phenoxy) is 1. The summed E-state index contributed by atoms with van der Waals surface area (Å²) >= 11 is 6.18. The van der Waals surface area contributed by atoms with Crippen LogP contribution in [-0.2, 0) is 16.6 Å². The van der Waals surface area contributed by atoms with Gasteiger partial charge in [0, 0.05) is 17.0 Å². The van der Waals surface area contributed by atoms with Gasteiger partial charge >= 0.3 is 6.01 Å². The van der Waals surface area contributed by atoms with Crippen LogP contribution in [0.5, 0.6) is 11.8 Å². The van der Waals surface area contributed by atoms with Gasteiger partial charge in [0.25, 0.3) is 0 Å². The van der Waals surface area contributed by atoms with Crippen LogP contribution in [-0.4, -0.2) is 18.0 Å². The normalized spacial score (nSPS) is 12.8. The first-order valence-electron chi connectivity index (χ1n) is 9.98. The maximum Gasteiger partial charge on any atom is 0.302 e. The second-order valence-corrected chi connectivity index (χ2v) is 9.35. The smallest absolute Gasteiger partial charge is 0.302 e. The molecule has 0 radical (unpaired) electrons. The molecule has 4 rings (SSSR count). The summed E-state index contributed by atoms with van der Waals surface area (Å²) < 4.78 is 49.4. The molecule has 0 saturated heterocycles. The summed E-state index contributed by atoms with van der Waals surface area (Å²) in [6, 6.07) is 15.5. The molecule has 0 aliphatic rings. The third-order valence-electron chi connectivity index (χ3n) is 5.07. The minimum absolute atomic E-state index is 0.143. The zero-order valence-corrected chi connectivity index (χ0v) is 19.0. The molecule has 1 unspecified atom stereocenters. The SMILES string of the molecule is CCn1c(C(C)NS(=O)(=O)c2ccc3c(Cl)cccc3c2)cnc1Oc1ccc(F)cc1.